The summed E-state index contributed by atoms with van der Waals surface area (Å²) in [6.07, 6.45) is 2.74. The molecule has 108 valence electrons. The van der Waals surface area contributed by atoms with E-state index in [0.717, 1.165) is 39.1 Å². The second kappa shape index (κ2) is 6.27. The van der Waals surface area contributed by atoms with Crippen molar-refractivity contribution < 1.29 is 9.53 Å². The molecule has 2 aliphatic rings. The lowest BCUT2D eigenvalue weighted by Gasteiger charge is -2.12. The topological polar surface area (TPSA) is 50.4 Å². The predicted octanol–water partition coefficient (Wildman–Crippen LogP) is 2.13. The molecule has 0 bridgehead atoms. The van der Waals surface area contributed by atoms with Crippen LogP contribution in [0.15, 0.2) is 24.3 Å². The maximum atomic E-state index is 12.0. The highest BCUT2D eigenvalue weighted by Gasteiger charge is 2.24. The van der Waals surface area contributed by atoms with Crippen LogP contribution in [0.25, 0.3) is 0 Å². The zero-order chi connectivity index (χ0) is 13.8. The molecule has 4 heteroatoms. The van der Waals surface area contributed by atoms with E-state index in [-0.39, 0.29) is 5.91 Å². The van der Waals surface area contributed by atoms with E-state index in [4.69, 9.17) is 4.74 Å². The van der Waals surface area contributed by atoms with Gasteiger partial charge in [0, 0.05) is 44.3 Å². The highest BCUT2D eigenvalue weighted by atomic mass is 16.5. The number of amides is 1. The minimum atomic E-state index is 0.160. The van der Waals surface area contributed by atoms with Crippen molar-refractivity contribution in [3.05, 3.63) is 29.8 Å². The first kappa shape index (κ1) is 13.4. The minimum Gasteiger partial charge on any atom is -0.384 e. The Morgan fingerprint density at radius 1 is 1.40 bits per heavy atom. The molecule has 2 unspecified atom stereocenters. The van der Waals surface area contributed by atoms with Crippen molar-refractivity contribution in [1.29, 1.82) is 0 Å². The predicted molar refractivity (Wildman–Crippen MR) is 78.8 cm³/mol. The van der Waals surface area contributed by atoms with Crippen LogP contribution in [0, 0.1) is 5.92 Å². The number of carbonyl (C=O) groups is 1. The van der Waals surface area contributed by atoms with Crippen LogP contribution in [0.1, 0.15) is 30.7 Å². The fraction of sp³-hybridized carbons (Fsp3) is 0.562. The van der Waals surface area contributed by atoms with E-state index in [2.05, 4.69) is 22.8 Å². The van der Waals surface area contributed by atoms with Gasteiger partial charge in [0.05, 0.1) is 0 Å². The molecule has 0 aromatic heterocycles. The van der Waals surface area contributed by atoms with E-state index in [1.165, 1.54) is 11.3 Å². The monoisotopic (exact) mass is 274 g/mol. The molecule has 0 spiro atoms. The standard InChI is InChI=1S/C16H22N2O2/c19-16(17-7-5-12-6-8-20-11-12)9-13-10-18-15-4-2-1-3-14(13)15/h1-4,12-13,18H,5-11H2,(H,17,19). The normalized spacial score (nSPS) is 24.2. The van der Waals surface area contributed by atoms with Crippen LogP contribution in [-0.4, -0.2) is 32.2 Å². The molecule has 0 radical (unpaired) electrons. The summed E-state index contributed by atoms with van der Waals surface area (Å²) in [6.45, 7) is 3.37. The SMILES string of the molecule is O=C(CC1CNc2ccccc21)NCCC1CCOC1. The van der Waals surface area contributed by atoms with Gasteiger partial charge >= 0.3 is 0 Å². The van der Waals surface area contributed by atoms with E-state index in [1.54, 1.807) is 0 Å². The molecule has 1 fully saturated rings. The number of benzene rings is 1. The van der Waals surface area contributed by atoms with E-state index in [0.29, 0.717) is 18.3 Å². The highest BCUT2D eigenvalue weighted by Crippen LogP contribution is 2.32. The number of hydrogen-bond acceptors (Lipinski definition) is 3. The average Bonchev–Trinajstić information content (AvgIpc) is 3.09. The van der Waals surface area contributed by atoms with Gasteiger partial charge < -0.3 is 15.4 Å². The van der Waals surface area contributed by atoms with Crippen molar-refractivity contribution in [2.24, 2.45) is 5.92 Å². The van der Waals surface area contributed by atoms with Crippen molar-refractivity contribution >= 4 is 11.6 Å². The summed E-state index contributed by atoms with van der Waals surface area (Å²) in [5.74, 6) is 1.10. The van der Waals surface area contributed by atoms with Gasteiger partial charge in [-0.2, -0.15) is 0 Å². The van der Waals surface area contributed by atoms with Crippen LogP contribution < -0.4 is 10.6 Å². The van der Waals surface area contributed by atoms with Gasteiger partial charge in [-0.05, 0) is 30.4 Å². The van der Waals surface area contributed by atoms with Gasteiger partial charge in [0.25, 0.3) is 0 Å². The molecule has 20 heavy (non-hydrogen) atoms. The summed E-state index contributed by atoms with van der Waals surface area (Å²) in [4.78, 5) is 12.0. The van der Waals surface area contributed by atoms with Crippen molar-refractivity contribution in [2.45, 2.75) is 25.2 Å². The Morgan fingerprint density at radius 3 is 3.15 bits per heavy atom. The third kappa shape index (κ3) is 3.12. The van der Waals surface area contributed by atoms with Gasteiger partial charge in [-0.25, -0.2) is 0 Å². The highest BCUT2D eigenvalue weighted by molar-refractivity contribution is 5.78. The van der Waals surface area contributed by atoms with Crippen LogP contribution in [-0.2, 0) is 9.53 Å². The number of fused-ring (bicyclic) bond motifs is 1. The minimum absolute atomic E-state index is 0.160. The third-order valence-electron chi connectivity index (χ3n) is 4.27. The number of nitrogens with one attached hydrogen (secondary N) is 2. The smallest absolute Gasteiger partial charge is 0.220 e. The molecule has 0 aliphatic carbocycles. The molecule has 0 saturated carbocycles. The Hall–Kier alpha value is -1.55. The maximum Gasteiger partial charge on any atom is 0.220 e. The first-order valence-electron chi connectivity index (χ1n) is 7.50. The molecule has 1 saturated heterocycles. The molecule has 2 N–H and O–H groups in total. The molecular formula is C16H22N2O2. The van der Waals surface area contributed by atoms with Crippen LogP contribution >= 0.6 is 0 Å². The van der Waals surface area contributed by atoms with E-state index < -0.39 is 0 Å². The van der Waals surface area contributed by atoms with Crippen molar-refractivity contribution in [2.75, 3.05) is 31.6 Å². The van der Waals surface area contributed by atoms with Gasteiger partial charge in [0.2, 0.25) is 5.91 Å². The fourth-order valence-corrected chi connectivity index (χ4v) is 3.06. The molecule has 2 heterocycles. The van der Waals surface area contributed by atoms with Gasteiger partial charge in [-0.15, -0.1) is 0 Å². The van der Waals surface area contributed by atoms with E-state index >= 15 is 0 Å². The molecule has 1 aromatic carbocycles. The number of anilines is 1. The van der Waals surface area contributed by atoms with Crippen LogP contribution in [0.4, 0.5) is 5.69 Å². The molecule has 2 atom stereocenters. The Kier molecular flexibility index (Phi) is 4.21. The van der Waals surface area contributed by atoms with Gasteiger partial charge in [0.15, 0.2) is 0 Å². The fourth-order valence-electron chi connectivity index (χ4n) is 3.06. The van der Waals surface area contributed by atoms with Crippen molar-refractivity contribution in [3.63, 3.8) is 0 Å². The Bertz CT molecular complexity index is 469. The number of para-hydroxylation sites is 1. The van der Waals surface area contributed by atoms with E-state index in [1.807, 2.05) is 12.1 Å². The summed E-state index contributed by atoms with van der Waals surface area (Å²) in [5, 5.41) is 6.40. The summed E-state index contributed by atoms with van der Waals surface area (Å²) >= 11 is 0. The molecule has 1 aromatic rings. The third-order valence-corrected chi connectivity index (χ3v) is 4.27. The molecule has 4 nitrogen and oxygen atoms in total. The lowest BCUT2D eigenvalue weighted by Crippen LogP contribution is -2.27. The average molecular weight is 274 g/mol. The zero-order valence-electron chi connectivity index (χ0n) is 11.7. The number of hydrogen-bond donors (Lipinski definition) is 2. The molecular weight excluding hydrogens is 252 g/mol. The quantitative estimate of drug-likeness (QED) is 0.865. The molecule has 2 aliphatic heterocycles. The maximum absolute atomic E-state index is 12.0. The van der Waals surface area contributed by atoms with Crippen LogP contribution in [0.3, 0.4) is 0 Å². The van der Waals surface area contributed by atoms with Gasteiger partial charge in [0.1, 0.15) is 0 Å². The summed E-state index contributed by atoms with van der Waals surface area (Å²) in [6, 6.07) is 8.26. The zero-order valence-corrected chi connectivity index (χ0v) is 11.7. The first-order chi connectivity index (χ1) is 9.83. The molecule has 3 rings (SSSR count). The number of carbonyl (C=O) groups excluding carboxylic acids is 1. The summed E-state index contributed by atoms with van der Waals surface area (Å²) < 4.78 is 5.34. The van der Waals surface area contributed by atoms with Crippen LogP contribution in [0.2, 0.25) is 0 Å². The van der Waals surface area contributed by atoms with E-state index in [9.17, 15) is 4.79 Å². The van der Waals surface area contributed by atoms with Gasteiger partial charge in [-0.3, -0.25) is 4.79 Å². The largest absolute Gasteiger partial charge is 0.384 e. The summed E-state index contributed by atoms with van der Waals surface area (Å²) in [7, 11) is 0. The Balaban J connectivity index is 1.43. The van der Waals surface area contributed by atoms with Crippen LogP contribution in [0.5, 0.6) is 0 Å². The lowest BCUT2D eigenvalue weighted by molar-refractivity contribution is -0.121. The summed E-state index contributed by atoms with van der Waals surface area (Å²) in [5.41, 5.74) is 2.44. The number of rotatable bonds is 5. The Labute approximate surface area is 119 Å². The first-order valence-corrected chi connectivity index (χ1v) is 7.50. The van der Waals surface area contributed by atoms with Crippen molar-refractivity contribution in [1.82, 2.24) is 5.32 Å². The second-order valence-electron chi connectivity index (χ2n) is 5.74. The second-order valence-corrected chi connectivity index (χ2v) is 5.74. The Morgan fingerprint density at radius 2 is 2.30 bits per heavy atom. The van der Waals surface area contributed by atoms with Crippen molar-refractivity contribution in [3.8, 4) is 0 Å². The number of ether oxygens (including phenoxy) is 1. The molecule has 1 amide bonds. The van der Waals surface area contributed by atoms with Gasteiger partial charge in [-0.1, -0.05) is 18.2 Å². The lowest BCUT2D eigenvalue weighted by atomic mass is 9.97.